The van der Waals surface area contributed by atoms with Gasteiger partial charge in [-0.25, -0.2) is 8.42 Å². The van der Waals surface area contributed by atoms with E-state index in [1.165, 1.54) is 10.4 Å². The molecule has 1 N–H and O–H groups in total. The summed E-state index contributed by atoms with van der Waals surface area (Å²) in [6.45, 7) is 6.62. The highest BCUT2D eigenvalue weighted by Gasteiger charge is 2.23. The second-order valence-electron chi connectivity index (χ2n) is 6.12. The number of hydrogen-bond donors (Lipinski definition) is 1. The fourth-order valence-electron chi connectivity index (χ4n) is 2.68. The summed E-state index contributed by atoms with van der Waals surface area (Å²) < 4.78 is 26.8. The quantitative estimate of drug-likeness (QED) is 0.468. The molecule has 0 heterocycles. The number of hydrogen-bond acceptors (Lipinski definition) is 4. The van der Waals surface area contributed by atoms with E-state index in [-0.39, 0.29) is 10.8 Å². The van der Waals surface area contributed by atoms with Crippen LogP contribution < -0.4 is 5.32 Å². The minimum Gasteiger partial charge on any atom is -0.351 e. The van der Waals surface area contributed by atoms with Gasteiger partial charge >= 0.3 is 0 Å². The fourth-order valence-corrected chi connectivity index (χ4v) is 5.06. The number of amides is 1. The molecule has 0 bridgehead atoms. The summed E-state index contributed by atoms with van der Waals surface area (Å²) in [6.07, 6.45) is 0. The zero-order valence-electron chi connectivity index (χ0n) is 16.2. The van der Waals surface area contributed by atoms with Gasteiger partial charge in [0.2, 0.25) is 10.0 Å². The first-order chi connectivity index (χ1) is 13.3. The Kier molecular flexibility index (Phi) is 8.37. The molecule has 0 radical (unpaired) electrons. The molecule has 2 aromatic rings. The van der Waals surface area contributed by atoms with Gasteiger partial charge in [-0.3, -0.25) is 4.79 Å². The van der Waals surface area contributed by atoms with E-state index in [1.807, 2.05) is 24.3 Å². The Morgan fingerprint density at radius 1 is 1.11 bits per heavy atom. The molecule has 0 aliphatic rings. The first-order valence-corrected chi connectivity index (χ1v) is 11.9. The second kappa shape index (κ2) is 10.3. The zero-order valence-corrected chi connectivity index (χ0v) is 18.6. The molecule has 2 rings (SSSR count). The standard InChI is InChI=1S/C20H25ClN2O3S2/c1-4-23(5-2)28(25,26)18-11-6-15(3)19(14-18)20(24)22-12-13-27-17-9-7-16(21)8-10-17/h6-11,14H,4-5,12-13H2,1-3H3,(H,22,24). The highest BCUT2D eigenvalue weighted by atomic mass is 35.5. The van der Waals surface area contributed by atoms with Crippen LogP contribution in [0.1, 0.15) is 29.8 Å². The maximum absolute atomic E-state index is 12.7. The van der Waals surface area contributed by atoms with Gasteiger partial charge in [0, 0.05) is 40.9 Å². The van der Waals surface area contributed by atoms with Crippen molar-refractivity contribution < 1.29 is 13.2 Å². The van der Waals surface area contributed by atoms with E-state index in [2.05, 4.69) is 5.32 Å². The Balaban J connectivity index is 2.03. The molecule has 28 heavy (non-hydrogen) atoms. The van der Waals surface area contributed by atoms with E-state index in [0.29, 0.717) is 36.0 Å². The van der Waals surface area contributed by atoms with E-state index < -0.39 is 10.0 Å². The number of carbonyl (C=O) groups is 1. The summed E-state index contributed by atoms with van der Waals surface area (Å²) in [4.78, 5) is 13.8. The Bertz CT molecular complexity index is 912. The van der Waals surface area contributed by atoms with E-state index >= 15 is 0 Å². The third kappa shape index (κ3) is 5.73. The average Bonchev–Trinajstić information content (AvgIpc) is 2.67. The van der Waals surface area contributed by atoms with Crippen LogP contribution in [-0.2, 0) is 10.0 Å². The van der Waals surface area contributed by atoms with Crippen LogP contribution in [0.25, 0.3) is 0 Å². The van der Waals surface area contributed by atoms with Crippen LogP contribution in [0.2, 0.25) is 5.02 Å². The van der Waals surface area contributed by atoms with Crippen LogP contribution in [0.4, 0.5) is 0 Å². The molecule has 8 heteroatoms. The predicted octanol–water partition coefficient (Wildman–Crippen LogP) is 4.20. The van der Waals surface area contributed by atoms with Crippen LogP contribution in [0.15, 0.2) is 52.3 Å². The van der Waals surface area contributed by atoms with E-state index in [4.69, 9.17) is 11.6 Å². The van der Waals surface area contributed by atoms with Crippen LogP contribution >= 0.6 is 23.4 Å². The number of nitrogens with one attached hydrogen (secondary N) is 1. The van der Waals surface area contributed by atoms with Crippen LogP contribution in [0, 0.1) is 6.92 Å². The van der Waals surface area contributed by atoms with Gasteiger partial charge in [-0.1, -0.05) is 31.5 Å². The molecule has 0 aliphatic heterocycles. The number of aryl methyl sites for hydroxylation is 1. The SMILES string of the molecule is CCN(CC)S(=O)(=O)c1ccc(C)c(C(=O)NCCSc2ccc(Cl)cc2)c1. The van der Waals surface area contributed by atoms with Crippen molar-refractivity contribution in [1.82, 2.24) is 9.62 Å². The Hall–Kier alpha value is -1.54. The number of nitrogens with zero attached hydrogens (tertiary/aromatic N) is 1. The summed E-state index contributed by atoms with van der Waals surface area (Å²) in [5.74, 6) is 0.426. The van der Waals surface area contributed by atoms with E-state index in [9.17, 15) is 13.2 Å². The molecule has 0 aromatic heterocycles. The summed E-state index contributed by atoms with van der Waals surface area (Å²) in [5, 5.41) is 3.55. The molecule has 2 aromatic carbocycles. The van der Waals surface area contributed by atoms with Crippen LogP contribution in [0.3, 0.4) is 0 Å². The number of carbonyl (C=O) groups excluding carboxylic acids is 1. The molecule has 0 atom stereocenters. The van der Waals surface area contributed by atoms with Gasteiger partial charge in [0.05, 0.1) is 4.90 Å². The fraction of sp³-hybridized carbons (Fsp3) is 0.350. The Labute approximate surface area is 176 Å². The largest absolute Gasteiger partial charge is 0.351 e. The van der Waals surface area contributed by atoms with Crippen molar-refractivity contribution >= 4 is 39.3 Å². The van der Waals surface area contributed by atoms with Crippen LogP contribution in [0.5, 0.6) is 0 Å². The molecular weight excluding hydrogens is 416 g/mol. The molecule has 0 saturated heterocycles. The minimum absolute atomic E-state index is 0.141. The smallest absolute Gasteiger partial charge is 0.251 e. The molecule has 0 saturated carbocycles. The molecule has 0 spiro atoms. The third-order valence-electron chi connectivity index (χ3n) is 4.27. The number of halogens is 1. The molecule has 0 unspecified atom stereocenters. The molecule has 1 amide bonds. The number of rotatable bonds is 9. The first kappa shape index (κ1) is 22.7. The summed E-state index contributed by atoms with van der Waals surface area (Å²) in [6, 6.07) is 12.2. The lowest BCUT2D eigenvalue weighted by molar-refractivity contribution is 0.0955. The van der Waals surface area contributed by atoms with Crippen molar-refractivity contribution in [2.45, 2.75) is 30.6 Å². The van der Waals surface area contributed by atoms with Gasteiger partial charge in [-0.05, 0) is 48.9 Å². The summed E-state index contributed by atoms with van der Waals surface area (Å²) in [7, 11) is -3.60. The highest BCUT2D eigenvalue weighted by molar-refractivity contribution is 7.99. The van der Waals surface area contributed by atoms with Crippen molar-refractivity contribution in [3.8, 4) is 0 Å². The number of benzene rings is 2. The van der Waals surface area contributed by atoms with Gasteiger partial charge in [0.15, 0.2) is 0 Å². The van der Waals surface area contributed by atoms with Gasteiger partial charge in [-0.15, -0.1) is 11.8 Å². The maximum Gasteiger partial charge on any atom is 0.251 e. The van der Waals surface area contributed by atoms with Gasteiger partial charge in [-0.2, -0.15) is 4.31 Å². The van der Waals surface area contributed by atoms with Gasteiger partial charge in [0.25, 0.3) is 5.91 Å². The summed E-state index contributed by atoms with van der Waals surface area (Å²) in [5.41, 5.74) is 1.12. The number of thioether (sulfide) groups is 1. The number of sulfonamides is 1. The topological polar surface area (TPSA) is 66.5 Å². The zero-order chi connectivity index (χ0) is 20.7. The third-order valence-corrected chi connectivity index (χ3v) is 7.58. The van der Waals surface area contributed by atoms with Gasteiger partial charge in [0.1, 0.15) is 0 Å². The second-order valence-corrected chi connectivity index (χ2v) is 9.67. The van der Waals surface area contributed by atoms with Crippen molar-refractivity contribution in [3.63, 3.8) is 0 Å². The molecule has 152 valence electrons. The van der Waals surface area contributed by atoms with Crippen molar-refractivity contribution in [1.29, 1.82) is 0 Å². The highest BCUT2D eigenvalue weighted by Crippen LogP contribution is 2.21. The lowest BCUT2D eigenvalue weighted by atomic mass is 10.1. The van der Waals surface area contributed by atoms with E-state index in [1.54, 1.807) is 44.7 Å². The van der Waals surface area contributed by atoms with Crippen molar-refractivity contribution in [2.75, 3.05) is 25.4 Å². The Morgan fingerprint density at radius 2 is 1.75 bits per heavy atom. The van der Waals surface area contributed by atoms with Gasteiger partial charge < -0.3 is 5.32 Å². The molecule has 5 nitrogen and oxygen atoms in total. The van der Waals surface area contributed by atoms with Crippen molar-refractivity contribution in [3.05, 3.63) is 58.6 Å². The lowest BCUT2D eigenvalue weighted by Crippen LogP contribution is -2.31. The molecular formula is C20H25ClN2O3S2. The first-order valence-electron chi connectivity index (χ1n) is 9.07. The average molecular weight is 441 g/mol. The van der Waals surface area contributed by atoms with Crippen molar-refractivity contribution in [2.24, 2.45) is 0 Å². The van der Waals surface area contributed by atoms with E-state index in [0.717, 1.165) is 10.5 Å². The van der Waals surface area contributed by atoms with Crippen LogP contribution in [-0.4, -0.2) is 44.0 Å². The normalized spacial score (nSPS) is 11.6. The maximum atomic E-state index is 12.7. The lowest BCUT2D eigenvalue weighted by Gasteiger charge is -2.19. The molecule has 0 fully saturated rings. The Morgan fingerprint density at radius 3 is 2.36 bits per heavy atom. The monoisotopic (exact) mass is 440 g/mol. The molecule has 0 aliphatic carbocycles. The minimum atomic E-state index is -3.60. The summed E-state index contributed by atoms with van der Waals surface area (Å²) >= 11 is 7.48. The predicted molar refractivity (Wildman–Crippen MR) is 116 cm³/mol.